The van der Waals surface area contributed by atoms with Crippen molar-refractivity contribution in [2.24, 2.45) is 5.41 Å². The fourth-order valence-corrected chi connectivity index (χ4v) is 2.68. The number of carbonyl (C=O) groups is 1. The van der Waals surface area contributed by atoms with Gasteiger partial charge >= 0.3 is 11.7 Å². The van der Waals surface area contributed by atoms with Crippen molar-refractivity contribution in [3.63, 3.8) is 0 Å². The van der Waals surface area contributed by atoms with Crippen molar-refractivity contribution in [3.8, 4) is 0 Å². The average molecular weight is 279 g/mol. The van der Waals surface area contributed by atoms with E-state index in [1.54, 1.807) is 6.07 Å². The predicted molar refractivity (Wildman–Crippen MR) is 72.7 cm³/mol. The van der Waals surface area contributed by atoms with Crippen molar-refractivity contribution >= 4 is 17.3 Å². The number of carboxylic acids is 1. The van der Waals surface area contributed by atoms with Crippen LogP contribution in [0.3, 0.4) is 0 Å². The van der Waals surface area contributed by atoms with Crippen LogP contribution in [0.4, 0.5) is 11.4 Å². The molecular weight excluding hydrogens is 262 g/mol. The van der Waals surface area contributed by atoms with Crippen LogP contribution in [-0.4, -0.2) is 34.1 Å². The Balaban J connectivity index is 2.19. The number of rotatable bonds is 4. The van der Waals surface area contributed by atoms with E-state index < -0.39 is 16.3 Å². The summed E-state index contributed by atoms with van der Waals surface area (Å²) in [6.45, 7) is 2.88. The molecule has 1 aliphatic heterocycles. The molecule has 20 heavy (non-hydrogen) atoms. The van der Waals surface area contributed by atoms with E-state index in [0.29, 0.717) is 38.0 Å². The number of nitro groups is 1. The summed E-state index contributed by atoms with van der Waals surface area (Å²) in [6.07, 6.45) is 4.32. The summed E-state index contributed by atoms with van der Waals surface area (Å²) in [6, 6.07) is 1.61. The minimum absolute atomic E-state index is 0.0353. The molecule has 7 nitrogen and oxygen atoms in total. The second-order valence-corrected chi connectivity index (χ2v) is 5.05. The lowest BCUT2D eigenvalue weighted by Gasteiger charge is -2.39. The van der Waals surface area contributed by atoms with Gasteiger partial charge in [-0.25, -0.2) is 0 Å². The van der Waals surface area contributed by atoms with E-state index >= 15 is 0 Å². The molecule has 0 saturated carbocycles. The van der Waals surface area contributed by atoms with Gasteiger partial charge in [0.1, 0.15) is 11.9 Å². The van der Waals surface area contributed by atoms with Crippen LogP contribution >= 0.6 is 0 Å². The largest absolute Gasteiger partial charge is 0.481 e. The van der Waals surface area contributed by atoms with Crippen molar-refractivity contribution < 1.29 is 14.8 Å². The van der Waals surface area contributed by atoms with Gasteiger partial charge in [0.2, 0.25) is 0 Å². The van der Waals surface area contributed by atoms with Gasteiger partial charge in [-0.2, -0.15) is 0 Å². The number of hydrogen-bond donors (Lipinski definition) is 1. The van der Waals surface area contributed by atoms with Crippen LogP contribution in [0.2, 0.25) is 0 Å². The summed E-state index contributed by atoms with van der Waals surface area (Å²) in [5, 5.41) is 20.4. The van der Waals surface area contributed by atoms with E-state index in [1.807, 2.05) is 11.8 Å². The first-order chi connectivity index (χ1) is 9.50. The van der Waals surface area contributed by atoms with E-state index in [1.165, 1.54) is 12.4 Å². The number of piperidine rings is 1. The Morgan fingerprint density at radius 1 is 1.55 bits per heavy atom. The van der Waals surface area contributed by atoms with Gasteiger partial charge in [-0.15, -0.1) is 0 Å². The molecule has 1 aromatic heterocycles. The Morgan fingerprint density at radius 3 is 2.70 bits per heavy atom. The SMILES string of the molecule is CCC1(C(=O)O)CCN(c2ccncc2[N+](=O)[O-])CC1. The number of anilines is 1. The summed E-state index contributed by atoms with van der Waals surface area (Å²) in [5.41, 5.74) is -0.217. The summed E-state index contributed by atoms with van der Waals surface area (Å²) in [4.78, 5) is 27.6. The smallest absolute Gasteiger partial charge is 0.310 e. The summed E-state index contributed by atoms with van der Waals surface area (Å²) in [5.74, 6) is -0.774. The van der Waals surface area contributed by atoms with E-state index in [9.17, 15) is 20.0 Å². The maximum Gasteiger partial charge on any atom is 0.310 e. The molecule has 2 heterocycles. The Morgan fingerprint density at radius 2 is 2.20 bits per heavy atom. The lowest BCUT2D eigenvalue weighted by Crippen LogP contribution is -2.44. The Labute approximate surface area is 116 Å². The fraction of sp³-hybridized carbons (Fsp3) is 0.538. The highest BCUT2D eigenvalue weighted by molar-refractivity contribution is 5.75. The highest BCUT2D eigenvalue weighted by atomic mass is 16.6. The predicted octanol–water partition coefficient (Wildman–Crippen LogP) is 2.07. The molecule has 1 N–H and O–H groups in total. The van der Waals surface area contributed by atoms with Crippen LogP contribution < -0.4 is 4.90 Å². The van der Waals surface area contributed by atoms with Crippen LogP contribution in [0, 0.1) is 15.5 Å². The lowest BCUT2D eigenvalue weighted by molar-refractivity contribution is -0.384. The zero-order chi connectivity index (χ0) is 14.8. The molecule has 0 radical (unpaired) electrons. The molecule has 7 heteroatoms. The molecule has 2 rings (SSSR count). The van der Waals surface area contributed by atoms with Gasteiger partial charge in [-0.3, -0.25) is 19.9 Å². The molecule has 0 bridgehead atoms. The first kappa shape index (κ1) is 14.2. The first-order valence-electron chi connectivity index (χ1n) is 6.57. The standard InChI is InChI=1S/C13H17N3O4/c1-2-13(12(17)18)4-7-15(8-5-13)10-3-6-14-9-11(10)16(19)20/h3,6,9H,2,4-5,7-8H2,1H3,(H,17,18). The van der Waals surface area contributed by atoms with Crippen LogP contribution in [0.1, 0.15) is 26.2 Å². The fourth-order valence-electron chi connectivity index (χ4n) is 2.68. The highest BCUT2D eigenvalue weighted by Gasteiger charge is 2.40. The monoisotopic (exact) mass is 279 g/mol. The van der Waals surface area contributed by atoms with Gasteiger partial charge in [0.05, 0.1) is 10.3 Å². The quantitative estimate of drug-likeness (QED) is 0.669. The number of aliphatic carboxylic acids is 1. The minimum Gasteiger partial charge on any atom is -0.481 e. The molecule has 1 saturated heterocycles. The van der Waals surface area contributed by atoms with Crippen molar-refractivity contribution in [2.75, 3.05) is 18.0 Å². The van der Waals surface area contributed by atoms with Crippen molar-refractivity contribution in [1.29, 1.82) is 0 Å². The number of nitrogens with zero attached hydrogens (tertiary/aromatic N) is 3. The van der Waals surface area contributed by atoms with Gasteiger partial charge in [-0.1, -0.05) is 6.92 Å². The number of pyridine rings is 1. The van der Waals surface area contributed by atoms with Crippen molar-refractivity contribution in [2.45, 2.75) is 26.2 Å². The second-order valence-electron chi connectivity index (χ2n) is 5.05. The molecule has 1 fully saturated rings. The zero-order valence-corrected chi connectivity index (χ0v) is 11.3. The van der Waals surface area contributed by atoms with Gasteiger partial charge in [0.15, 0.2) is 0 Å². The maximum atomic E-state index is 11.4. The molecule has 0 spiro atoms. The van der Waals surface area contributed by atoms with Crippen LogP contribution in [0.15, 0.2) is 18.5 Å². The number of carboxylic acid groups (broad SMARTS) is 1. The van der Waals surface area contributed by atoms with E-state index in [4.69, 9.17) is 0 Å². The highest BCUT2D eigenvalue weighted by Crippen LogP contribution is 2.38. The van der Waals surface area contributed by atoms with E-state index in [0.717, 1.165) is 0 Å². The van der Waals surface area contributed by atoms with E-state index in [2.05, 4.69) is 4.98 Å². The summed E-state index contributed by atoms with van der Waals surface area (Å²) in [7, 11) is 0. The summed E-state index contributed by atoms with van der Waals surface area (Å²) >= 11 is 0. The lowest BCUT2D eigenvalue weighted by atomic mass is 9.76. The third-order valence-corrected chi connectivity index (χ3v) is 4.17. The molecule has 0 atom stereocenters. The van der Waals surface area contributed by atoms with E-state index in [-0.39, 0.29) is 5.69 Å². The van der Waals surface area contributed by atoms with Gasteiger partial charge in [0, 0.05) is 19.3 Å². The second kappa shape index (κ2) is 5.44. The van der Waals surface area contributed by atoms with Crippen LogP contribution in [0.25, 0.3) is 0 Å². The first-order valence-corrected chi connectivity index (χ1v) is 6.57. The Kier molecular flexibility index (Phi) is 3.87. The molecule has 0 aromatic carbocycles. The van der Waals surface area contributed by atoms with Gasteiger partial charge < -0.3 is 10.0 Å². The Bertz CT molecular complexity index is 524. The Hall–Kier alpha value is -2.18. The maximum absolute atomic E-state index is 11.4. The number of hydrogen-bond acceptors (Lipinski definition) is 5. The van der Waals surface area contributed by atoms with Crippen LogP contribution in [-0.2, 0) is 4.79 Å². The molecule has 0 amide bonds. The zero-order valence-electron chi connectivity index (χ0n) is 11.3. The molecule has 0 aliphatic carbocycles. The third-order valence-electron chi connectivity index (χ3n) is 4.17. The molecule has 0 unspecified atom stereocenters. The number of aromatic nitrogens is 1. The van der Waals surface area contributed by atoms with Crippen molar-refractivity contribution in [1.82, 2.24) is 4.98 Å². The minimum atomic E-state index is -0.774. The molecule has 108 valence electrons. The molecule has 1 aliphatic rings. The summed E-state index contributed by atoms with van der Waals surface area (Å²) < 4.78 is 0. The normalized spacial score (nSPS) is 17.8. The average Bonchev–Trinajstić information content (AvgIpc) is 2.47. The van der Waals surface area contributed by atoms with Crippen LogP contribution in [0.5, 0.6) is 0 Å². The van der Waals surface area contributed by atoms with Gasteiger partial charge in [0.25, 0.3) is 0 Å². The molecule has 1 aromatic rings. The molecular formula is C13H17N3O4. The third kappa shape index (κ3) is 2.43. The van der Waals surface area contributed by atoms with Gasteiger partial charge in [-0.05, 0) is 25.3 Å². The topological polar surface area (TPSA) is 96.6 Å². The van der Waals surface area contributed by atoms with Crippen molar-refractivity contribution in [3.05, 3.63) is 28.6 Å².